The monoisotopic (exact) mass is 231 g/mol. The van der Waals surface area contributed by atoms with Gasteiger partial charge in [-0.3, -0.25) is 9.59 Å². The molecule has 0 unspecified atom stereocenters. The molecule has 2 aromatic rings. The molecule has 0 spiro atoms. The topological polar surface area (TPSA) is 86.2 Å². The van der Waals surface area contributed by atoms with Crippen LogP contribution in [0.1, 0.15) is 23.5 Å². The molecule has 0 aliphatic carbocycles. The van der Waals surface area contributed by atoms with Crippen LogP contribution in [0.25, 0.3) is 11.1 Å². The number of carbonyl (C=O) groups is 2. The third-order valence-electron chi connectivity index (χ3n) is 2.23. The van der Waals surface area contributed by atoms with E-state index in [2.05, 4.69) is 4.98 Å². The summed E-state index contributed by atoms with van der Waals surface area (Å²) in [6.45, 7) is 0. The summed E-state index contributed by atoms with van der Waals surface area (Å²) in [5, 5.41) is 0. The Kier molecular flexibility index (Phi) is 3.18. The van der Waals surface area contributed by atoms with Crippen LogP contribution in [0.3, 0.4) is 0 Å². The summed E-state index contributed by atoms with van der Waals surface area (Å²) in [6.07, 6.45) is 1.80. The maximum atomic E-state index is 11.6. The molecule has 1 heterocycles. The lowest BCUT2D eigenvalue weighted by Gasteiger charge is -1.93. The van der Waals surface area contributed by atoms with Gasteiger partial charge in [0.05, 0.1) is 0 Å². The highest BCUT2D eigenvalue weighted by Gasteiger charge is 2.14. The predicted molar refractivity (Wildman–Crippen MR) is 61.1 cm³/mol. The average Bonchev–Trinajstić information content (AvgIpc) is 2.71. The third-order valence-corrected chi connectivity index (χ3v) is 2.23. The molecule has 0 saturated carbocycles. The van der Waals surface area contributed by atoms with Crippen molar-refractivity contribution in [2.45, 2.75) is 12.8 Å². The van der Waals surface area contributed by atoms with Gasteiger partial charge in [-0.2, -0.15) is 0 Å². The van der Waals surface area contributed by atoms with Gasteiger partial charge in [0.15, 0.2) is 5.58 Å². The molecular weight excluding hydrogens is 220 g/mol. The number of aromatic nitrogens is 1. The lowest BCUT2D eigenvalue weighted by Crippen LogP contribution is -2.11. The summed E-state index contributed by atoms with van der Waals surface area (Å²) in [5.74, 6) is -0.732. The van der Waals surface area contributed by atoms with Gasteiger partial charge in [-0.15, -0.1) is 0 Å². The van der Waals surface area contributed by atoms with E-state index in [-0.39, 0.29) is 18.1 Å². The Hall–Kier alpha value is -2.17. The first kappa shape index (κ1) is 11.3. The van der Waals surface area contributed by atoms with E-state index in [1.165, 1.54) is 6.42 Å². The fourth-order valence-electron chi connectivity index (χ4n) is 1.41. The van der Waals surface area contributed by atoms with Gasteiger partial charge in [0.2, 0.25) is 11.7 Å². The lowest BCUT2D eigenvalue weighted by molar-refractivity contribution is -0.117. The Morgan fingerprint density at radius 2 is 2.12 bits per heavy atom. The summed E-state index contributed by atoms with van der Waals surface area (Å²) < 4.78 is 5.28. The zero-order valence-electron chi connectivity index (χ0n) is 9.05. The smallest absolute Gasteiger partial charge is 0.264 e. The maximum Gasteiger partial charge on any atom is 0.264 e. The minimum atomic E-state index is -0.438. The Morgan fingerprint density at radius 1 is 1.35 bits per heavy atom. The second-order valence-corrected chi connectivity index (χ2v) is 3.56. The average molecular weight is 231 g/mol. The first-order chi connectivity index (χ1) is 8.16. The molecule has 1 radical (unpaired) electrons. The standard InChI is InChI=1S/C12H11N2O3/c13-11(16)7-3-5-9(15)12-14-8-4-1-2-6-10(8)17-12/h1-2,4-6H,3,7H2,(H2,13,16). The van der Waals surface area contributed by atoms with E-state index in [1.54, 1.807) is 18.2 Å². The molecular formula is C12H11N2O3. The molecule has 0 fully saturated rings. The van der Waals surface area contributed by atoms with Gasteiger partial charge < -0.3 is 10.2 Å². The number of Topliss-reactive ketones (excluding diaryl/α,β-unsaturated/α-hetero) is 1. The first-order valence-electron chi connectivity index (χ1n) is 5.18. The summed E-state index contributed by atoms with van der Waals surface area (Å²) in [4.78, 5) is 26.2. The van der Waals surface area contributed by atoms with Gasteiger partial charge in [-0.1, -0.05) is 12.1 Å². The van der Waals surface area contributed by atoms with Crippen molar-refractivity contribution in [1.29, 1.82) is 0 Å². The van der Waals surface area contributed by atoms with Gasteiger partial charge >= 0.3 is 0 Å². The van der Waals surface area contributed by atoms with Crippen LogP contribution in [0.15, 0.2) is 28.7 Å². The van der Waals surface area contributed by atoms with E-state index in [0.29, 0.717) is 17.5 Å². The van der Waals surface area contributed by atoms with Crippen molar-refractivity contribution in [1.82, 2.24) is 4.98 Å². The molecule has 5 nitrogen and oxygen atoms in total. The second-order valence-electron chi connectivity index (χ2n) is 3.56. The number of nitrogens with zero attached hydrogens (tertiary/aromatic N) is 1. The third kappa shape index (κ3) is 2.69. The number of fused-ring (bicyclic) bond motifs is 1. The second kappa shape index (κ2) is 4.78. The molecule has 1 amide bonds. The van der Waals surface area contributed by atoms with Gasteiger partial charge in [0.1, 0.15) is 5.52 Å². The van der Waals surface area contributed by atoms with E-state index in [9.17, 15) is 9.59 Å². The van der Waals surface area contributed by atoms with E-state index in [1.807, 2.05) is 6.07 Å². The van der Waals surface area contributed by atoms with Crippen LogP contribution in [-0.4, -0.2) is 16.7 Å². The van der Waals surface area contributed by atoms with Crippen LogP contribution in [0, 0.1) is 6.42 Å². The number of benzene rings is 1. The molecule has 0 aliphatic rings. The number of hydrogen-bond acceptors (Lipinski definition) is 4. The lowest BCUT2D eigenvalue weighted by atomic mass is 10.2. The zero-order chi connectivity index (χ0) is 12.3. The van der Waals surface area contributed by atoms with Crippen LogP contribution in [0.2, 0.25) is 0 Å². The van der Waals surface area contributed by atoms with Gasteiger partial charge in [0.25, 0.3) is 5.89 Å². The van der Waals surface area contributed by atoms with Crippen LogP contribution >= 0.6 is 0 Å². The summed E-state index contributed by atoms with van der Waals surface area (Å²) in [7, 11) is 0. The van der Waals surface area contributed by atoms with Gasteiger partial charge in [-0.25, -0.2) is 4.98 Å². The Labute approximate surface area is 97.6 Å². The Bertz CT molecular complexity index is 527. The van der Waals surface area contributed by atoms with Crippen molar-refractivity contribution in [3.05, 3.63) is 36.6 Å². The van der Waals surface area contributed by atoms with E-state index in [0.717, 1.165) is 0 Å². The quantitative estimate of drug-likeness (QED) is 0.789. The largest absolute Gasteiger partial charge is 0.434 e. The highest BCUT2D eigenvalue weighted by molar-refractivity contribution is 6.00. The van der Waals surface area contributed by atoms with Crippen LogP contribution in [0.4, 0.5) is 0 Å². The molecule has 0 atom stereocenters. The molecule has 5 heteroatoms. The molecule has 2 N–H and O–H groups in total. The van der Waals surface area contributed by atoms with Crippen molar-refractivity contribution in [3.63, 3.8) is 0 Å². The number of hydrogen-bond donors (Lipinski definition) is 1. The van der Waals surface area contributed by atoms with Gasteiger partial charge in [0, 0.05) is 12.8 Å². The maximum absolute atomic E-state index is 11.6. The number of para-hydroxylation sites is 2. The summed E-state index contributed by atoms with van der Waals surface area (Å²) in [6, 6.07) is 7.12. The molecule has 1 aromatic heterocycles. The normalized spacial score (nSPS) is 10.6. The van der Waals surface area contributed by atoms with Crippen LogP contribution in [-0.2, 0) is 4.79 Å². The molecule has 0 aliphatic heterocycles. The number of oxazole rings is 1. The van der Waals surface area contributed by atoms with Crippen LogP contribution in [0.5, 0.6) is 0 Å². The highest BCUT2D eigenvalue weighted by Crippen LogP contribution is 2.16. The van der Waals surface area contributed by atoms with E-state index >= 15 is 0 Å². The molecule has 0 bridgehead atoms. The zero-order valence-corrected chi connectivity index (χ0v) is 9.05. The molecule has 0 saturated heterocycles. The molecule has 87 valence electrons. The minimum absolute atomic E-state index is 0.0377. The number of ketones is 1. The van der Waals surface area contributed by atoms with Crippen molar-refractivity contribution in [3.8, 4) is 0 Å². The summed E-state index contributed by atoms with van der Waals surface area (Å²) >= 11 is 0. The van der Waals surface area contributed by atoms with E-state index < -0.39 is 5.91 Å². The van der Waals surface area contributed by atoms with Gasteiger partial charge in [-0.05, 0) is 18.6 Å². The SMILES string of the molecule is NC(=O)CC[CH]C(=O)c1nc2ccccc2o1. The number of rotatable bonds is 5. The predicted octanol–water partition coefficient (Wildman–Crippen LogP) is 1.48. The molecule has 2 rings (SSSR count). The van der Waals surface area contributed by atoms with Crippen molar-refractivity contribution in [2.24, 2.45) is 5.73 Å². The van der Waals surface area contributed by atoms with Crippen LogP contribution < -0.4 is 5.73 Å². The molecule has 17 heavy (non-hydrogen) atoms. The summed E-state index contributed by atoms with van der Waals surface area (Å²) in [5.41, 5.74) is 6.18. The molecule has 1 aromatic carbocycles. The Balaban J connectivity index is 2.06. The fraction of sp³-hybridized carbons (Fsp3) is 0.167. The number of nitrogens with two attached hydrogens (primary N) is 1. The minimum Gasteiger partial charge on any atom is -0.434 e. The van der Waals surface area contributed by atoms with Crippen molar-refractivity contribution < 1.29 is 14.0 Å². The highest BCUT2D eigenvalue weighted by atomic mass is 16.4. The van der Waals surface area contributed by atoms with E-state index in [4.69, 9.17) is 10.2 Å². The number of amides is 1. The van der Waals surface area contributed by atoms with Crippen molar-refractivity contribution >= 4 is 22.8 Å². The Morgan fingerprint density at radius 3 is 2.82 bits per heavy atom. The van der Waals surface area contributed by atoms with Crippen molar-refractivity contribution in [2.75, 3.05) is 0 Å². The number of carbonyl (C=O) groups excluding carboxylic acids is 2. The number of primary amides is 1. The fourth-order valence-corrected chi connectivity index (χ4v) is 1.41. The first-order valence-corrected chi connectivity index (χ1v) is 5.18.